The number of amides is 2. The van der Waals surface area contributed by atoms with Gasteiger partial charge in [0, 0.05) is 11.1 Å². The minimum absolute atomic E-state index is 0.0426. The quantitative estimate of drug-likeness (QED) is 0.289. The van der Waals surface area contributed by atoms with Gasteiger partial charge in [-0.05, 0) is 55.5 Å². The van der Waals surface area contributed by atoms with E-state index in [-0.39, 0.29) is 27.9 Å². The molecule has 3 aromatic rings. The molecule has 1 aliphatic rings. The molecule has 2 heterocycles. The molecule has 1 aromatic heterocycles. The van der Waals surface area contributed by atoms with Crippen LogP contribution in [0.25, 0.3) is 17.4 Å². The van der Waals surface area contributed by atoms with E-state index < -0.39 is 17.6 Å². The molecule has 6 nitrogen and oxygen atoms in total. The lowest BCUT2D eigenvalue weighted by Gasteiger charge is -2.28. The number of nitrogens with zero attached hydrogens (tertiary/aromatic N) is 1. The Morgan fingerprint density at radius 2 is 1.84 bits per heavy atom. The van der Waals surface area contributed by atoms with Crippen LogP contribution in [-0.4, -0.2) is 22.7 Å². The van der Waals surface area contributed by atoms with E-state index in [0.29, 0.717) is 11.3 Å². The molecule has 2 amide bonds. The molecule has 1 saturated heterocycles. The molecule has 0 saturated carbocycles. The second-order valence-corrected chi connectivity index (χ2v) is 7.16. The Kier molecular flexibility index (Phi) is 5.31. The van der Waals surface area contributed by atoms with Crippen molar-refractivity contribution >= 4 is 46.7 Å². The highest BCUT2D eigenvalue weighted by atomic mass is 32.1. The maximum atomic E-state index is 13.6. The molecular formula is C23H15FN2O4S. The normalized spacial score (nSPS) is 15.4. The van der Waals surface area contributed by atoms with Crippen molar-refractivity contribution in [3.63, 3.8) is 0 Å². The summed E-state index contributed by atoms with van der Waals surface area (Å²) >= 11 is 5.10. The van der Waals surface area contributed by atoms with Crippen molar-refractivity contribution in [3.8, 4) is 11.3 Å². The van der Waals surface area contributed by atoms with Crippen LogP contribution in [0.3, 0.4) is 0 Å². The molecule has 1 N–H and O–H groups in total. The van der Waals surface area contributed by atoms with Gasteiger partial charge in [-0.3, -0.25) is 24.6 Å². The Morgan fingerprint density at radius 3 is 2.52 bits per heavy atom. The number of rotatable bonds is 4. The third kappa shape index (κ3) is 4.06. The smallest absolute Gasteiger partial charge is 0.270 e. The summed E-state index contributed by atoms with van der Waals surface area (Å²) in [7, 11) is 0. The number of hydrogen-bond donors (Lipinski definition) is 1. The van der Waals surface area contributed by atoms with Crippen molar-refractivity contribution in [2.75, 3.05) is 4.90 Å². The molecule has 4 rings (SSSR count). The zero-order valence-corrected chi connectivity index (χ0v) is 17.0. The summed E-state index contributed by atoms with van der Waals surface area (Å²) in [5, 5.41) is 2.30. The maximum Gasteiger partial charge on any atom is 0.270 e. The number of Topliss-reactive ketones (excluding diaryl/α,β-unsaturated/α-hetero) is 1. The SMILES string of the molecule is CC(=O)c1ccc(-c2ccc(/C=C3\C(=O)NC(=S)N(c4cccc(F)c4)C3=O)o2)cc1. The van der Waals surface area contributed by atoms with Crippen LogP contribution < -0.4 is 10.2 Å². The van der Waals surface area contributed by atoms with Crippen molar-refractivity contribution in [1.82, 2.24) is 5.32 Å². The molecule has 2 aromatic carbocycles. The molecule has 8 heteroatoms. The first kappa shape index (κ1) is 20.4. The Balaban J connectivity index is 1.64. The molecule has 0 aliphatic carbocycles. The second-order valence-electron chi connectivity index (χ2n) is 6.77. The second kappa shape index (κ2) is 8.08. The van der Waals surface area contributed by atoms with E-state index in [0.717, 1.165) is 16.5 Å². The fourth-order valence-electron chi connectivity index (χ4n) is 3.10. The molecule has 0 radical (unpaired) electrons. The van der Waals surface area contributed by atoms with Crippen molar-refractivity contribution in [2.24, 2.45) is 0 Å². The van der Waals surface area contributed by atoms with Crippen LogP contribution in [0, 0.1) is 5.82 Å². The molecule has 31 heavy (non-hydrogen) atoms. The largest absolute Gasteiger partial charge is 0.457 e. The summed E-state index contributed by atoms with van der Waals surface area (Å²) in [5.41, 5.74) is 1.31. The van der Waals surface area contributed by atoms with Crippen LogP contribution in [0.1, 0.15) is 23.0 Å². The van der Waals surface area contributed by atoms with Gasteiger partial charge >= 0.3 is 0 Å². The maximum absolute atomic E-state index is 13.6. The van der Waals surface area contributed by atoms with Crippen molar-refractivity contribution < 1.29 is 23.2 Å². The topological polar surface area (TPSA) is 79.6 Å². The van der Waals surface area contributed by atoms with E-state index >= 15 is 0 Å². The van der Waals surface area contributed by atoms with Crippen LogP contribution in [0.2, 0.25) is 0 Å². The van der Waals surface area contributed by atoms with Gasteiger partial charge in [0.15, 0.2) is 10.9 Å². The summed E-state index contributed by atoms with van der Waals surface area (Å²) in [6.45, 7) is 1.48. The zero-order valence-electron chi connectivity index (χ0n) is 16.2. The molecule has 0 atom stereocenters. The van der Waals surface area contributed by atoms with Crippen LogP contribution in [0.4, 0.5) is 10.1 Å². The zero-order chi connectivity index (χ0) is 22.1. The van der Waals surface area contributed by atoms with Gasteiger partial charge in [-0.15, -0.1) is 0 Å². The lowest BCUT2D eigenvalue weighted by Crippen LogP contribution is -2.54. The lowest BCUT2D eigenvalue weighted by atomic mass is 10.1. The Bertz CT molecular complexity index is 1260. The molecule has 0 bridgehead atoms. The van der Waals surface area contributed by atoms with Gasteiger partial charge in [0.05, 0.1) is 5.69 Å². The molecule has 0 unspecified atom stereocenters. The molecule has 1 fully saturated rings. The number of thiocarbonyl (C=S) groups is 1. The van der Waals surface area contributed by atoms with E-state index in [9.17, 15) is 18.8 Å². The van der Waals surface area contributed by atoms with Gasteiger partial charge in [0.1, 0.15) is 22.9 Å². The number of nitrogens with one attached hydrogen (secondary N) is 1. The number of carbonyl (C=O) groups excluding carboxylic acids is 3. The minimum Gasteiger partial charge on any atom is -0.457 e. The van der Waals surface area contributed by atoms with Gasteiger partial charge in [0.2, 0.25) is 0 Å². The highest BCUT2D eigenvalue weighted by Crippen LogP contribution is 2.26. The monoisotopic (exact) mass is 434 g/mol. The number of furan rings is 1. The van der Waals surface area contributed by atoms with E-state index in [1.54, 1.807) is 36.4 Å². The predicted molar refractivity (Wildman–Crippen MR) is 117 cm³/mol. The number of hydrogen-bond acceptors (Lipinski definition) is 5. The van der Waals surface area contributed by atoms with Crippen LogP contribution in [0.15, 0.2) is 70.7 Å². The van der Waals surface area contributed by atoms with Crippen LogP contribution >= 0.6 is 12.2 Å². The number of carbonyl (C=O) groups is 3. The van der Waals surface area contributed by atoms with Gasteiger partial charge < -0.3 is 4.42 Å². The van der Waals surface area contributed by atoms with E-state index in [1.165, 1.54) is 31.2 Å². The number of ketones is 1. The average molecular weight is 434 g/mol. The van der Waals surface area contributed by atoms with Crippen LogP contribution in [0.5, 0.6) is 0 Å². The van der Waals surface area contributed by atoms with Crippen LogP contribution in [-0.2, 0) is 9.59 Å². The fourth-order valence-corrected chi connectivity index (χ4v) is 3.39. The summed E-state index contributed by atoms with van der Waals surface area (Å²) in [6, 6.07) is 15.5. The minimum atomic E-state index is -0.692. The highest BCUT2D eigenvalue weighted by Gasteiger charge is 2.34. The molecule has 0 spiro atoms. The van der Waals surface area contributed by atoms with Gasteiger partial charge in [0.25, 0.3) is 11.8 Å². The fraction of sp³-hybridized carbons (Fsp3) is 0.0435. The summed E-state index contributed by atoms with van der Waals surface area (Å²) < 4.78 is 19.4. The summed E-state index contributed by atoms with van der Waals surface area (Å²) in [5.74, 6) is -1.17. The van der Waals surface area contributed by atoms with Crippen molar-refractivity contribution in [2.45, 2.75) is 6.92 Å². The van der Waals surface area contributed by atoms with Crippen molar-refractivity contribution in [1.29, 1.82) is 0 Å². The Labute approximate surface area is 182 Å². The van der Waals surface area contributed by atoms with Gasteiger partial charge in [-0.25, -0.2) is 4.39 Å². The van der Waals surface area contributed by atoms with Gasteiger partial charge in [-0.1, -0.05) is 30.3 Å². The average Bonchev–Trinajstić information content (AvgIpc) is 3.20. The standard InChI is InChI=1S/C23H15FN2O4S/c1-13(27)14-5-7-15(8-6-14)20-10-9-18(30-20)12-19-21(28)25-23(31)26(22(19)29)17-4-2-3-16(24)11-17/h2-12H,1H3,(H,25,28,31)/b19-12+. The third-order valence-corrected chi connectivity index (χ3v) is 4.94. The number of benzene rings is 2. The predicted octanol–water partition coefficient (Wildman–Crippen LogP) is 4.12. The molecular weight excluding hydrogens is 419 g/mol. The van der Waals surface area contributed by atoms with E-state index in [1.807, 2.05) is 0 Å². The van der Waals surface area contributed by atoms with E-state index in [4.69, 9.17) is 16.6 Å². The summed E-state index contributed by atoms with van der Waals surface area (Å²) in [6.07, 6.45) is 1.30. The molecule has 154 valence electrons. The lowest BCUT2D eigenvalue weighted by molar-refractivity contribution is -0.122. The molecule has 1 aliphatic heterocycles. The van der Waals surface area contributed by atoms with Crippen molar-refractivity contribution in [3.05, 3.63) is 83.4 Å². The first-order chi connectivity index (χ1) is 14.8. The third-order valence-electron chi connectivity index (χ3n) is 4.66. The van der Waals surface area contributed by atoms with E-state index in [2.05, 4.69) is 5.32 Å². The first-order valence-electron chi connectivity index (χ1n) is 9.22. The Hall–Kier alpha value is -3.91. The number of anilines is 1. The first-order valence-corrected chi connectivity index (χ1v) is 9.62. The number of halogens is 1. The summed E-state index contributed by atoms with van der Waals surface area (Å²) in [4.78, 5) is 37.8. The highest BCUT2D eigenvalue weighted by molar-refractivity contribution is 7.80. The Morgan fingerprint density at radius 1 is 1.10 bits per heavy atom. The van der Waals surface area contributed by atoms with Gasteiger partial charge in [-0.2, -0.15) is 0 Å².